The third kappa shape index (κ3) is 3.60. The van der Waals surface area contributed by atoms with E-state index in [1.165, 1.54) is 0 Å². The second-order valence-corrected chi connectivity index (χ2v) is 8.11. The summed E-state index contributed by atoms with van der Waals surface area (Å²) in [4.78, 5) is -5.51. The van der Waals surface area contributed by atoms with Gasteiger partial charge in [0.25, 0.3) is 0 Å². The molecule has 0 amide bonds. The highest BCUT2D eigenvalue weighted by molar-refractivity contribution is 8.46. The van der Waals surface area contributed by atoms with E-state index in [4.69, 9.17) is 0 Å². The van der Waals surface area contributed by atoms with Crippen LogP contribution in [-0.2, 0) is 0 Å². The van der Waals surface area contributed by atoms with E-state index in [2.05, 4.69) is 0 Å². The summed E-state index contributed by atoms with van der Waals surface area (Å²) in [6, 6.07) is -1.83. The summed E-state index contributed by atoms with van der Waals surface area (Å²) >= 11 is 0. The Morgan fingerprint density at radius 3 is 1.33 bits per heavy atom. The molecule has 0 unspecified atom stereocenters. The van der Waals surface area contributed by atoms with E-state index in [0.717, 1.165) is 0 Å². The third-order valence-corrected chi connectivity index (χ3v) is 3.85. The second-order valence-electron chi connectivity index (χ2n) is 3.33. The molecule has 18 heavy (non-hydrogen) atoms. The summed E-state index contributed by atoms with van der Waals surface area (Å²) in [7, 11) is -20.4. The molecule has 0 N–H and O–H groups in total. The van der Waals surface area contributed by atoms with Gasteiger partial charge in [-0.3, -0.25) is 0 Å². The van der Waals surface area contributed by atoms with Crippen LogP contribution in [0.5, 0.6) is 0 Å². The Kier molecular flexibility index (Phi) is 2.07. The lowest BCUT2D eigenvalue weighted by atomic mass is 10.4. The lowest BCUT2D eigenvalue weighted by molar-refractivity contribution is 0.356. The number of hydrogen-bond donors (Lipinski definition) is 0. The Labute approximate surface area is 94.0 Å². The summed E-state index contributed by atoms with van der Waals surface area (Å²) in [6.45, 7) is 0. The van der Waals surface area contributed by atoms with E-state index in [1.807, 2.05) is 0 Å². The minimum absolute atomic E-state index is 0.522. The minimum Gasteiger partial charge on any atom is -0.0936 e. The van der Waals surface area contributed by atoms with Gasteiger partial charge in [0.2, 0.25) is 0 Å². The standard InChI is InChI=1S/C6H3F10S2/c7-17(8,9,10,11)5-1-2-6(4-3-5)18(12,13,14,15)16/h1-3H. The van der Waals surface area contributed by atoms with Gasteiger partial charge >= 0.3 is 20.4 Å². The van der Waals surface area contributed by atoms with Gasteiger partial charge in [0, 0.05) is 6.07 Å². The van der Waals surface area contributed by atoms with Gasteiger partial charge in [0.1, 0.15) is 9.79 Å². The summed E-state index contributed by atoms with van der Waals surface area (Å²) in [5.74, 6) is 0. The monoisotopic (exact) mass is 329 g/mol. The zero-order chi connectivity index (χ0) is 14.8. The number of hydrogen-bond acceptors (Lipinski definition) is 0. The Bertz CT molecular complexity index is 440. The van der Waals surface area contributed by atoms with Gasteiger partial charge < -0.3 is 0 Å². The van der Waals surface area contributed by atoms with Crippen LogP contribution in [0.1, 0.15) is 0 Å². The molecule has 0 atom stereocenters. The molecule has 0 fully saturated rings. The van der Waals surface area contributed by atoms with Crippen molar-refractivity contribution in [2.75, 3.05) is 0 Å². The van der Waals surface area contributed by atoms with Gasteiger partial charge in [0.15, 0.2) is 0 Å². The largest absolute Gasteiger partial charge is 0.311 e. The summed E-state index contributed by atoms with van der Waals surface area (Å²) in [5.41, 5.74) is 0. The van der Waals surface area contributed by atoms with Gasteiger partial charge in [-0.1, -0.05) is 38.9 Å². The van der Waals surface area contributed by atoms with Crippen molar-refractivity contribution in [2.24, 2.45) is 0 Å². The fourth-order valence-electron chi connectivity index (χ4n) is 0.876. The molecule has 1 rings (SSSR count). The van der Waals surface area contributed by atoms with Gasteiger partial charge in [0.05, 0.1) is 0 Å². The molecular weight excluding hydrogens is 326 g/mol. The van der Waals surface area contributed by atoms with Crippen molar-refractivity contribution in [3.05, 3.63) is 24.3 Å². The summed E-state index contributed by atoms with van der Waals surface area (Å²) < 4.78 is 121. The van der Waals surface area contributed by atoms with Crippen LogP contribution in [0.25, 0.3) is 0 Å². The first-order valence-corrected chi connectivity index (χ1v) is 7.59. The average molecular weight is 329 g/mol. The highest BCUT2D eigenvalue weighted by Gasteiger charge is 2.68. The van der Waals surface area contributed by atoms with Crippen LogP contribution >= 0.6 is 20.4 Å². The fraction of sp³-hybridized carbons (Fsp3) is 0. The van der Waals surface area contributed by atoms with Gasteiger partial charge in [-0.2, -0.15) is 0 Å². The van der Waals surface area contributed by atoms with Gasteiger partial charge in [-0.15, -0.1) is 0 Å². The average Bonchev–Trinajstić information content (AvgIpc) is 1.96. The van der Waals surface area contributed by atoms with Gasteiger partial charge in [-0.25, -0.2) is 0 Å². The molecule has 1 aromatic carbocycles. The highest BCUT2D eigenvalue weighted by atomic mass is 32.5. The van der Waals surface area contributed by atoms with Crippen LogP contribution < -0.4 is 0 Å². The quantitative estimate of drug-likeness (QED) is 0.523. The molecular formula is C6H3F10S2. The molecule has 0 spiro atoms. The predicted octanol–water partition coefficient (Wildman–Crippen LogP) is 6.80. The van der Waals surface area contributed by atoms with Crippen LogP contribution in [0.3, 0.4) is 0 Å². The van der Waals surface area contributed by atoms with Crippen molar-refractivity contribution < 1.29 is 38.9 Å². The predicted molar refractivity (Wildman–Crippen MR) is 48.1 cm³/mol. The molecule has 109 valence electrons. The summed E-state index contributed by atoms with van der Waals surface area (Å²) in [5, 5.41) is 0. The molecule has 0 aliphatic heterocycles. The summed E-state index contributed by atoms with van der Waals surface area (Å²) in [6.07, 6.45) is 0. The minimum atomic E-state index is -10.2. The van der Waals surface area contributed by atoms with Crippen LogP contribution in [0, 0.1) is 6.07 Å². The van der Waals surface area contributed by atoms with Crippen molar-refractivity contribution in [3.63, 3.8) is 0 Å². The van der Waals surface area contributed by atoms with E-state index in [1.54, 1.807) is 0 Å². The maximum Gasteiger partial charge on any atom is 0.311 e. The fourth-order valence-corrected chi connectivity index (χ4v) is 2.09. The molecule has 12 heteroatoms. The molecule has 0 aliphatic carbocycles. The highest BCUT2D eigenvalue weighted by Crippen LogP contribution is 3.03. The molecule has 0 aliphatic rings. The number of benzene rings is 1. The maximum absolute atomic E-state index is 12.1. The smallest absolute Gasteiger partial charge is 0.0936 e. The second kappa shape index (κ2) is 2.44. The van der Waals surface area contributed by atoms with Crippen molar-refractivity contribution in [2.45, 2.75) is 9.79 Å². The van der Waals surface area contributed by atoms with E-state index < -0.39 is 48.4 Å². The molecule has 1 radical (unpaired) electrons. The Balaban J connectivity index is 3.45. The van der Waals surface area contributed by atoms with Crippen molar-refractivity contribution in [3.8, 4) is 0 Å². The maximum atomic E-state index is 12.1. The molecule has 0 aromatic heterocycles. The van der Waals surface area contributed by atoms with Gasteiger partial charge in [-0.05, 0) is 18.2 Å². The van der Waals surface area contributed by atoms with E-state index in [-0.39, 0.29) is 0 Å². The van der Waals surface area contributed by atoms with Crippen LogP contribution in [0.15, 0.2) is 28.0 Å². The number of halogens is 10. The first kappa shape index (κ1) is 15.3. The van der Waals surface area contributed by atoms with Crippen LogP contribution in [0.4, 0.5) is 38.9 Å². The Hall–Kier alpha value is -0.780. The lowest BCUT2D eigenvalue weighted by Crippen LogP contribution is -2.09. The first-order chi connectivity index (χ1) is 7.19. The molecule has 0 heterocycles. The number of rotatable bonds is 2. The van der Waals surface area contributed by atoms with E-state index in [0.29, 0.717) is 6.07 Å². The van der Waals surface area contributed by atoms with E-state index >= 15 is 0 Å². The normalized spacial score (nSPS) is 21.4. The van der Waals surface area contributed by atoms with Crippen molar-refractivity contribution in [1.29, 1.82) is 0 Å². The zero-order valence-electron chi connectivity index (χ0n) is 7.83. The third-order valence-electron chi connectivity index (χ3n) is 1.62. The SMILES string of the molecule is FS(F)(F)(F)(F)c1[c]cc(S(F)(F)(F)(F)F)cc1. The topological polar surface area (TPSA) is 0 Å². The molecule has 0 saturated heterocycles. The molecule has 0 saturated carbocycles. The van der Waals surface area contributed by atoms with Crippen molar-refractivity contribution in [1.82, 2.24) is 0 Å². The Morgan fingerprint density at radius 1 is 0.667 bits per heavy atom. The van der Waals surface area contributed by atoms with Crippen LogP contribution in [-0.4, -0.2) is 0 Å². The molecule has 0 nitrogen and oxygen atoms in total. The van der Waals surface area contributed by atoms with Crippen LogP contribution in [0.2, 0.25) is 0 Å². The Morgan fingerprint density at radius 2 is 1.11 bits per heavy atom. The van der Waals surface area contributed by atoms with E-state index in [9.17, 15) is 38.9 Å². The molecule has 0 bridgehead atoms. The first-order valence-electron chi connectivity index (χ1n) is 3.69. The van der Waals surface area contributed by atoms with Crippen molar-refractivity contribution >= 4 is 20.4 Å². The molecule has 1 aromatic rings. The lowest BCUT2D eigenvalue weighted by Gasteiger charge is -2.42. The zero-order valence-corrected chi connectivity index (χ0v) is 9.46.